The number of halogens is 1. The molecule has 1 amide bonds. The summed E-state index contributed by atoms with van der Waals surface area (Å²) < 4.78 is 8.46. The summed E-state index contributed by atoms with van der Waals surface area (Å²) in [6.45, 7) is 1.75. The van der Waals surface area contributed by atoms with Crippen LogP contribution in [0, 0.1) is 0 Å². The standard InChI is InChI=1S/C13H14BrN3O2S/c1-16-7-9(6-15-16)10-8-17(4-5-19-10)13(18)11-2-3-12(14)20-11/h2-3,6-7,10H,4-5,8H2,1H3. The lowest BCUT2D eigenvalue weighted by atomic mass is 10.1. The maximum absolute atomic E-state index is 12.4. The predicted molar refractivity (Wildman–Crippen MR) is 79.8 cm³/mol. The van der Waals surface area contributed by atoms with Gasteiger partial charge in [-0.25, -0.2) is 0 Å². The Balaban J connectivity index is 1.73. The Kier molecular flexibility index (Phi) is 3.91. The molecule has 2 aromatic rings. The summed E-state index contributed by atoms with van der Waals surface area (Å²) >= 11 is 4.85. The topological polar surface area (TPSA) is 47.4 Å². The minimum atomic E-state index is -0.0928. The number of rotatable bonds is 2. The third-order valence-electron chi connectivity index (χ3n) is 3.23. The maximum Gasteiger partial charge on any atom is 0.264 e. The van der Waals surface area contributed by atoms with Gasteiger partial charge in [0.2, 0.25) is 0 Å². The van der Waals surface area contributed by atoms with Gasteiger partial charge in [-0.1, -0.05) is 0 Å². The lowest BCUT2D eigenvalue weighted by molar-refractivity contribution is -0.0226. The van der Waals surface area contributed by atoms with E-state index >= 15 is 0 Å². The molecule has 1 saturated heterocycles. The molecule has 0 N–H and O–H groups in total. The number of aromatic nitrogens is 2. The second-order valence-electron chi connectivity index (χ2n) is 4.66. The van der Waals surface area contributed by atoms with Crippen molar-refractivity contribution in [1.29, 1.82) is 0 Å². The molecule has 0 aromatic carbocycles. The third-order valence-corrected chi connectivity index (χ3v) is 4.85. The van der Waals surface area contributed by atoms with Gasteiger partial charge in [-0.15, -0.1) is 11.3 Å². The quantitative estimate of drug-likeness (QED) is 0.831. The Bertz CT molecular complexity index is 625. The van der Waals surface area contributed by atoms with Crippen LogP contribution in [-0.2, 0) is 11.8 Å². The summed E-state index contributed by atoms with van der Waals surface area (Å²) in [6, 6.07) is 3.75. The molecule has 1 unspecified atom stereocenters. The fraction of sp³-hybridized carbons (Fsp3) is 0.385. The Hall–Kier alpha value is -1.18. The van der Waals surface area contributed by atoms with Gasteiger partial charge in [0.25, 0.3) is 5.91 Å². The summed E-state index contributed by atoms with van der Waals surface area (Å²) in [6.07, 6.45) is 3.63. The minimum absolute atomic E-state index is 0.0675. The van der Waals surface area contributed by atoms with Gasteiger partial charge in [0.1, 0.15) is 6.10 Å². The second-order valence-corrected chi connectivity index (χ2v) is 7.12. The number of hydrogen-bond acceptors (Lipinski definition) is 4. The molecule has 3 heterocycles. The maximum atomic E-state index is 12.4. The number of amides is 1. The number of morpholine rings is 1. The Morgan fingerprint density at radius 1 is 1.55 bits per heavy atom. The monoisotopic (exact) mass is 355 g/mol. The summed E-state index contributed by atoms with van der Waals surface area (Å²) in [5, 5.41) is 4.15. The lowest BCUT2D eigenvalue weighted by Gasteiger charge is -2.32. The Morgan fingerprint density at radius 3 is 3.05 bits per heavy atom. The van der Waals surface area contributed by atoms with Crippen molar-refractivity contribution in [2.24, 2.45) is 7.05 Å². The molecule has 1 aliphatic rings. The van der Waals surface area contributed by atoms with E-state index in [9.17, 15) is 4.79 Å². The molecule has 0 radical (unpaired) electrons. The highest BCUT2D eigenvalue weighted by Crippen LogP contribution is 2.26. The van der Waals surface area contributed by atoms with Crippen molar-refractivity contribution < 1.29 is 9.53 Å². The highest BCUT2D eigenvalue weighted by Gasteiger charge is 2.27. The van der Waals surface area contributed by atoms with E-state index in [1.165, 1.54) is 11.3 Å². The summed E-state index contributed by atoms with van der Waals surface area (Å²) in [7, 11) is 1.87. The van der Waals surface area contributed by atoms with Gasteiger partial charge in [0.15, 0.2) is 0 Å². The molecule has 2 aromatic heterocycles. The minimum Gasteiger partial charge on any atom is -0.370 e. The van der Waals surface area contributed by atoms with Crippen LogP contribution in [0.4, 0.5) is 0 Å². The zero-order valence-corrected chi connectivity index (χ0v) is 13.4. The second kappa shape index (κ2) is 5.67. The average molecular weight is 356 g/mol. The zero-order chi connectivity index (χ0) is 14.1. The number of ether oxygens (including phenoxy) is 1. The van der Waals surface area contributed by atoms with Gasteiger partial charge in [0, 0.05) is 25.4 Å². The normalized spacial score (nSPS) is 19.3. The first-order chi connectivity index (χ1) is 9.63. The molecule has 3 rings (SSSR count). The molecule has 1 atom stereocenters. The van der Waals surface area contributed by atoms with Gasteiger partial charge in [-0.2, -0.15) is 5.10 Å². The van der Waals surface area contributed by atoms with E-state index in [4.69, 9.17) is 4.74 Å². The SMILES string of the molecule is Cn1cc(C2CN(C(=O)c3ccc(Br)s3)CCO2)cn1. The molecule has 1 fully saturated rings. The number of carbonyl (C=O) groups is 1. The van der Waals surface area contributed by atoms with Gasteiger partial charge >= 0.3 is 0 Å². The van der Waals surface area contributed by atoms with Crippen molar-refractivity contribution in [3.8, 4) is 0 Å². The average Bonchev–Trinajstić information content (AvgIpc) is 3.07. The highest BCUT2D eigenvalue weighted by atomic mass is 79.9. The molecule has 0 spiro atoms. The van der Waals surface area contributed by atoms with Crippen LogP contribution in [-0.4, -0.2) is 40.3 Å². The zero-order valence-electron chi connectivity index (χ0n) is 11.0. The first-order valence-electron chi connectivity index (χ1n) is 6.28. The molecule has 0 aliphatic carbocycles. The van der Waals surface area contributed by atoms with Gasteiger partial charge in [-0.3, -0.25) is 9.48 Å². The van der Waals surface area contributed by atoms with E-state index < -0.39 is 0 Å². The molecule has 1 aliphatic heterocycles. The van der Waals surface area contributed by atoms with Crippen LogP contribution in [0.5, 0.6) is 0 Å². The van der Waals surface area contributed by atoms with Crippen LogP contribution >= 0.6 is 27.3 Å². The number of aryl methyl sites for hydroxylation is 1. The van der Waals surface area contributed by atoms with Crippen LogP contribution in [0.2, 0.25) is 0 Å². The van der Waals surface area contributed by atoms with Crippen LogP contribution in [0.3, 0.4) is 0 Å². The van der Waals surface area contributed by atoms with Crippen LogP contribution in [0.15, 0.2) is 28.3 Å². The Morgan fingerprint density at radius 2 is 2.40 bits per heavy atom. The van der Waals surface area contributed by atoms with E-state index in [-0.39, 0.29) is 12.0 Å². The summed E-state index contributed by atoms with van der Waals surface area (Å²) in [5.74, 6) is 0.0675. The van der Waals surface area contributed by atoms with Crippen LogP contribution in [0.25, 0.3) is 0 Å². The number of carbonyl (C=O) groups excluding carboxylic acids is 1. The van der Waals surface area contributed by atoms with E-state index in [1.54, 1.807) is 10.9 Å². The first kappa shape index (κ1) is 13.8. The third kappa shape index (κ3) is 2.79. The van der Waals surface area contributed by atoms with Crippen molar-refractivity contribution in [3.63, 3.8) is 0 Å². The van der Waals surface area contributed by atoms with E-state index in [0.29, 0.717) is 19.7 Å². The van der Waals surface area contributed by atoms with Gasteiger partial charge in [0.05, 0.1) is 28.0 Å². The fourth-order valence-corrected chi connectivity index (χ4v) is 3.58. The molecular weight excluding hydrogens is 342 g/mol. The molecule has 106 valence electrons. The van der Waals surface area contributed by atoms with Crippen molar-refractivity contribution >= 4 is 33.2 Å². The predicted octanol–water partition coefficient (Wildman–Crippen LogP) is 2.46. The highest BCUT2D eigenvalue weighted by molar-refractivity contribution is 9.11. The fourth-order valence-electron chi connectivity index (χ4n) is 2.23. The van der Waals surface area contributed by atoms with E-state index in [2.05, 4.69) is 21.0 Å². The van der Waals surface area contributed by atoms with Gasteiger partial charge < -0.3 is 9.64 Å². The van der Waals surface area contributed by atoms with E-state index in [1.807, 2.05) is 30.3 Å². The van der Waals surface area contributed by atoms with Gasteiger partial charge in [-0.05, 0) is 28.1 Å². The molecular formula is C13H14BrN3O2S. The molecule has 0 saturated carbocycles. The summed E-state index contributed by atoms with van der Waals surface area (Å²) in [5.41, 5.74) is 1.01. The van der Waals surface area contributed by atoms with E-state index in [0.717, 1.165) is 14.2 Å². The van der Waals surface area contributed by atoms with Crippen LogP contribution < -0.4 is 0 Å². The molecule has 5 nitrogen and oxygen atoms in total. The molecule has 0 bridgehead atoms. The number of thiophene rings is 1. The van der Waals surface area contributed by atoms with Crippen LogP contribution in [0.1, 0.15) is 21.3 Å². The van der Waals surface area contributed by atoms with Crippen molar-refractivity contribution in [1.82, 2.24) is 14.7 Å². The molecule has 7 heteroatoms. The lowest BCUT2D eigenvalue weighted by Crippen LogP contribution is -2.41. The smallest absolute Gasteiger partial charge is 0.264 e. The molecule has 20 heavy (non-hydrogen) atoms. The number of nitrogens with zero attached hydrogens (tertiary/aromatic N) is 3. The van der Waals surface area contributed by atoms with Crippen molar-refractivity contribution in [2.45, 2.75) is 6.10 Å². The van der Waals surface area contributed by atoms with Crippen molar-refractivity contribution in [2.75, 3.05) is 19.7 Å². The largest absolute Gasteiger partial charge is 0.370 e. The first-order valence-corrected chi connectivity index (χ1v) is 7.89. The summed E-state index contributed by atoms with van der Waals surface area (Å²) in [4.78, 5) is 15.0. The number of hydrogen-bond donors (Lipinski definition) is 0. The Labute approximate surface area is 129 Å². The van der Waals surface area contributed by atoms with Crippen molar-refractivity contribution in [3.05, 3.63) is 38.8 Å².